The lowest BCUT2D eigenvalue weighted by Crippen LogP contribution is -2.28. The Morgan fingerprint density at radius 1 is 1.08 bits per heavy atom. The summed E-state index contributed by atoms with van der Waals surface area (Å²) in [6.07, 6.45) is 1.58. The van der Waals surface area contributed by atoms with Crippen molar-refractivity contribution in [1.82, 2.24) is 10.3 Å². The lowest BCUT2D eigenvalue weighted by Gasteiger charge is -2.08. The van der Waals surface area contributed by atoms with Gasteiger partial charge in [0.05, 0.1) is 7.11 Å². The molecule has 0 saturated carbocycles. The molecule has 1 amide bonds. The van der Waals surface area contributed by atoms with Gasteiger partial charge in [-0.2, -0.15) is 0 Å². The first-order valence-corrected chi connectivity index (χ1v) is 7.40. The van der Waals surface area contributed by atoms with E-state index < -0.39 is 18.5 Å². The molecule has 1 aromatic heterocycles. The minimum Gasteiger partial charge on any atom is -0.497 e. The third-order valence-corrected chi connectivity index (χ3v) is 3.03. The van der Waals surface area contributed by atoms with Crippen molar-refractivity contribution >= 4 is 11.9 Å². The number of carbonyl (C=O) groups excluding carboxylic acids is 1. The highest BCUT2D eigenvalue weighted by molar-refractivity contribution is 5.77. The number of methoxy groups -OCH3 is 1. The van der Waals surface area contributed by atoms with Gasteiger partial charge in [-0.25, -0.2) is 9.78 Å². The summed E-state index contributed by atoms with van der Waals surface area (Å²) in [4.78, 5) is 25.9. The molecule has 1 aromatic carbocycles. The van der Waals surface area contributed by atoms with Crippen LogP contribution >= 0.6 is 0 Å². The predicted octanol–water partition coefficient (Wildman–Crippen LogP) is 1.60. The normalized spacial score (nSPS) is 10.1. The number of pyridine rings is 1. The lowest BCUT2D eigenvalue weighted by atomic mass is 10.3. The summed E-state index contributed by atoms with van der Waals surface area (Å²) in [7, 11) is 1.59. The van der Waals surface area contributed by atoms with Crippen LogP contribution in [-0.2, 0) is 20.9 Å². The first-order valence-electron chi connectivity index (χ1n) is 7.40. The zero-order valence-electron chi connectivity index (χ0n) is 13.6. The standard InChI is InChI=1S/C17H18N2O6/c1-23-13-3-5-14(6-4-13)25-16-7-2-12(9-19-16)8-18-15(20)10-24-11-17(21)22/h2-7,9H,8,10-11H2,1H3,(H,18,20)(H,21,22). The third-order valence-electron chi connectivity index (χ3n) is 3.03. The molecule has 2 aromatic rings. The Morgan fingerprint density at radius 2 is 1.80 bits per heavy atom. The molecule has 132 valence electrons. The molecule has 0 aliphatic carbocycles. The summed E-state index contributed by atoms with van der Waals surface area (Å²) >= 11 is 0. The summed E-state index contributed by atoms with van der Waals surface area (Å²) in [5.41, 5.74) is 0.772. The van der Waals surface area contributed by atoms with Gasteiger partial charge in [-0.05, 0) is 29.8 Å². The van der Waals surface area contributed by atoms with Crippen LogP contribution in [-0.4, -0.2) is 42.3 Å². The largest absolute Gasteiger partial charge is 0.497 e. The van der Waals surface area contributed by atoms with E-state index in [9.17, 15) is 9.59 Å². The van der Waals surface area contributed by atoms with Gasteiger partial charge in [-0.3, -0.25) is 4.79 Å². The highest BCUT2D eigenvalue weighted by Gasteiger charge is 2.05. The maximum absolute atomic E-state index is 11.5. The van der Waals surface area contributed by atoms with Gasteiger partial charge in [0.25, 0.3) is 0 Å². The van der Waals surface area contributed by atoms with E-state index >= 15 is 0 Å². The molecule has 8 heteroatoms. The van der Waals surface area contributed by atoms with Gasteiger partial charge < -0.3 is 24.6 Å². The summed E-state index contributed by atoms with van der Waals surface area (Å²) in [6, 6.07) is 10.6. The molecule has 2 N–H and O–H groups in total. The van der Waals surface area contributed by atoms with E-state index in [0.29, 0.717) is 11.6 Å². The van der Waals surface area contributed by atoms with Crippen LogP contribution in [0.5, 0.6) is 17.4 Å². The molecule has 0 radical (unpaired) electrons. The van der Waals surface area contributed by atoms with Gasteiger partial charge in [0.2, 0.25) is 11.8 Å². The van der Waals surface area contributed by atoms with Crippen LogP contribution in [0.2, 0.25) is 0 Å². The number of carboxylic acid groups (broad SMARTS) is 1. The Hall–Kier alpha value is -3.13. The molecular weight excluding hydrogens is 328 g/mol. The van der Waals surface area contributed by atoms with Crippen molar-refractivity contribution in [1.29, 1.82) is 0 Å². The maximum atomic E-state index is 11.5. The smallest absolute Gasteiger partial charge is 0.329 e. The van der Waals surface area contributed by atoms with Crippen LogP contribution in [0.4, 0.5) is 0 Å². The number of carbonyl (C=O) groups is 2. The van der Waals surface area contributed by atoms with E-state index in [0.717, 1.165) is 11.3 Å². The number of aliphatic carboxylic acids is 1. The predicted molar refractivity (Wildman–Crippen MR) is 87.6 cm³/mol. The van der Waals surface area contributed by atoms with E-state index in [4.69, 9.17) is 19.3 Å². The third kappa shape index (κ3) is 6.48. The van der Waals surface area contributed by atoms with Gasteiger partial charge in [0.15, 0.2) is 0 Å². The summed E-state index contributed by atoms with van der Waals surface area (Å²) in [5.74, 6) is 0.262. The van der Waals surface area contributed by atoms with Crippen molar-refractivity contribution in [2.75, 3.05) is 20.3 Å². The van der Waals surface area contributed by atoms with Gasteiger partial charge in [0, 0.05) is 18.8 Å². The molecular formula is C17H18N2O6. The first kappa shape index (κ1) is 18.2. The monoisotopic (exact) mass is 346 g/mol. The van der Waals surface area contributed by atoms with Crippen LogP contribution in [0, 0.1) is 0 Å². The Labute approximate surface area is 144 Å². The zero-order valence-corrected chi connectivity index (χ0v) is 13.6. The molecule has 1 heterocycles. The fourth-order valence-electron chi connectivity index (χ4n) is 1.82. The molecule has 0 atom stereocenters. The van der Waals surface area contributed by atoms with E-state index in [-0.39, 0.29) is 13.2 Å². The molecule has 0 unspecified atom stereocenters. The van der Waals surface area contributed by atoms with Gasteiger partial charge in [-0.1, -0.05) is 6.07 Å². The van der Waals surface area contributed by atoms with Crippen LogP contribution < -0.4 is 14.8 Å². The molecule has 0 bridgehead atoms. The Balaban J connectivity index is 1.79. The fraction of sp³-hybridized carbons (Fsp3) is 0.235. The number of benzene rings is 1. The molecule has 0 fully saturated rings. The van der Waals surface area contributed by atoms with Gasteiger partial charge in [-0.15, -0.1) is 0 Å². The number of aromatic nitrogens is 1. The van der Waals surface area contributed by atoms with Crippen molar-refractivity contribution in [2.24, 2.45) is 0 Å². The SMILES string of the molecule is COc1ccc(Oc2ccc(CNC(=O)COCC(=O)O)cn2)cc1. The highest BCUT2D eigenvalue weighted by atomic mass is 16.5. The van der Waals surface area contributed by atoms with Crippen LogP contribution in [0.1, 0.15) is 5.56 Å². The Kier molecular flexibility index (Phi) is 6.73. The van der Waals surface area contributed by atoms with Crippen molar-refractivity contribution < 1.29 is 28.9 Å². The summed E-state index contributed by atoms with van der Waals surface area (Å²) in [5, 5.41) is 11.0. The zero-order chi connectivity index (χ0) is 18.1. The molecule has 25 heavy (non-hydrogen) atoms. The average Bonchev–Trinajstić information content (AvgIpc) is 2.61. The number of hydrogen-bond donors (Lipinski definition) is 2. The lowest BCUT2D eigenvalue weighted by molar-refractivity contribution is -0.143. The average molecular weight is 346 g/mol. The minimum absolute atomic E-state index is 0.255. The molecule has 0 aliphatic rings. The number of rotatable bonds is 9. The van der Waals surface area contributed by atoms with Crippen LogP contribution in [0.25, 0.3) is 0 Å². The number of ether oxygens (including phenoxy) is 3. The van der Waals surface area contributed by atoms with E-state index in [1.165, 1.54) is 0 Å². The van der Waals surface area contributed by atoms with Crippen LogP contribution in [0.15, 0.2) is 42.6 Å². The van der Waals surface area contributed by atoms with Crippen molar-refractivity contribution in [3.8, 4) is 17.4 Å². The Morgan fingerprint density at radius 3 is 2.40 bits per heavy atom. The number of nitrogens with zero attached hydrogens (tertiary/aromatic N) is 1. The number of amides is 1. The number of carboxylic acids is 1. The topological polar surface area (TPSA) is 107 Å². The maximum Gasteiger partial charge on any atom is 0.329 e. The summed E-state index contributed by atoms with van der Waals surface area (Å²) < 4.78 is 15.4. The molecule has 2 rings (SSSR count). The van der Waals surface area contributed by atoms with E-state index in [1.807, 2.05) is 0 Å². The second kappa shape index (κ2) is 9.24. The molecule has 0 spiro atoms. The highest BCUT2D eigenvalue weighted by Crippen LogP contribution is 2.22. The second-order valence-electron chi connectivity index (χ2n) is 4.95. The Bertz CT molecular complexity index is 700. The first-order chi connectivity index (χ1) is 12.1. The van der Waals surface area contributed by atoms with Crippen molar-refractivity contribution in [3.63, 3.8) is 0 Å². The van der Waals surface area contributed by atoms with Gasteiger partial charge in [0.1, 0.15) is 24.7 Å². The molecule has 0 saturated heterocycles. The minimum atomic E-state index is -1.12. The quantitative estimate of drug-likeness (QED) is 0.710. The van der Waals surface area contributed by atoms with E-state index in [2.05, 4.69) is 10.3 Å². The summed E-state index contributed by atoms with van der Waals surface area (Å²) in [6.45, 7) is -0.560. The van der Waals surface area contributed by atoms with Crippen molar-refractivity contribution in [2.45, 2.75) is 6.54 Å². The van der Waals surface area contributed by atoms with E-state index in [1.54, 1.807) is 49.7 Å². The fourth-order valence-corrected chi connectivity index (χ4v) is 1.82. The number of nitrogens with one attached hydrogen (secondary N) is 1. The van der Waals surface area contributed by atoms with Gasteiger partial charge >= 0.3 is 5.97 Å². The molecule has 8 nitrogen and oxygen atoms in total. The van der Waals surface area contributed by atoms with Crippen LogP contribution in [0.3, 0.4) is 0 Å². The van der Waals surface area contributed by atoms with Crippen molar-refractivity contribution in [3.05, 3.63) is 48.2 Å². The number of hydrogen-bond acceptors (Lipinski definition) is 6. The second-order valence-corrected chi connectivity index (χ2v) is 4.95. The molecule has 0 aliphatic heterocycles.